The van der Waals surface area contributed by atoms with Crippen molar-refractivity contribution in [2.75, 3.05) is 46.3 Å². The van der Waals surface area contributed by atoms with E-state index in [0.717, 1.165) is 44.7 Å². The first-order valence-corrected chi connectivity index (χ1v) is 9.39. The summed E-state index contributed by atoms with van der Waals surface area (Å²) in [5.74, 6) is 0.283. The SMILES string of the molecule is CN(CCCN1CCN(C(=O)c2ccccc2)CC1)C(=O)Oc1cnccn1. The summed E-state index contributed by atoms with van der Waals surface area (Å²) in [7, 11) is 1.70. The fourth-order valence-electron chi connectivity index (χ4n) is 3.07. The molecule has 0 spiro atoms. The van der Waals surface area contributed by atoms with E-state index in [0.29, 0.717) is 6.54 Å². The van der Waals surface area contributed by atoms with E-state index < -0.39 is 6.09 Å². The van der Waals surface area contributed by atoms with Gasteiger partial charge in [0.2, 0.25) is 5.88 Å². The normalized spacial score (nSPS) is 14.5. The Morgan fingerprint density at radius 1 is 1.11 bits per heavy atom. The molecule has 1 aromatic carbocycles. The number of hydrogen-bond acceptors (Lipinski definition) is 6. The molecule has 8 heteroatoms. The molecule has 0 atom stereocenters. The molecule has 0 saturated carbocycles. The molecule has 0 bridgehead atoms. The summed E-state index contributed by atoms with van der Waals surface area (Å²) in [6, 6.07) is 9.38. The minimum Gasteiger partial charge on any atom is -0.389 e. The fourth-order valence-corrected chi connectivity index (χ4v) is 3.07. The molecule has 0 aliphatic carbocycles. The number of rotatable bonds is 6. The fraction of sp³-hybridized carbons (Fsp3) is 0.400. The number of hydrogen-bond donors (Lipinski definition) is 0. The van der Waals surface area contributed by atoms with Gasteiger partial charge in [-0.2, -0.15) is 0 Å². The molecule has 1 saturated heterocycles. The van der Waals surface area contributed by atoms with Gasteiger partial charge in [-0.1, -0.05) is 18.2 Å². The molecule has 2 amide bonds. The maximum atomic E-state index is 12.5. The van der Waals surface area contributed by atoms with Crippen molar-refractivity contribution in [3.05, 3.63) is 54.5 Å². The van der Waals surface area contributed by atoms with E-state index in [4.69, 9.17) is 4.74 Å². The number of amides is 2. The molecule has 148 valence electrons. The van der Waals surface area contributed by atoms with Crippen molar-refractivity contribution in [1.82, 2.24) is 24.7 Å². The predicted molar refractivity (Wildman–Crippen MR) is 104 cm³/mol. The number of ether oxygens (including phenoxy) is 1. The highest BCUT2D eigenvalue weighted by Crippen LogP contribution is 2.09. The number of carbonyl (C=O) groups excluding carboxylic acids is 2. The van der Waals surface area contributed by atoms with Crippen LogP contribution in [-0.2, 0) is 0 Å². The highest BCUT2D eigenvalue weighted by molar-refractivity contribution is 5.94. The van der Waals surface area contributed by atoms with Gasteiger partial charge in [0.1, 0.15) is 0 Å². The Labute approximate surface area is 164 Å². The lowest BCUT2D eigenvalue weighted by Gasteiger charge is -2.35. The molecular weight excluding hydrogens is 358 g/mol. The molecule has 28 heavy (non-hydrogen) atoms. The zero-order valence-electron chi connectivity index (χ0n) is 16.0. The Bertz CT molecular complexity index is 764. The van der Waals surface area contributed by atoms with Crippen LogP contribution < -0.4 is 4.74 Å². The average Bonchev–Trinajstić information content (AvgIpc) is 2.75. The van der Waals surface area contributed by atoms with Crippen LogP contribution in [0.2, 0.25) is 0 Å². The molecule has 0 unspecified atom stereocenters. The molecule has 2 aromatic rings. The zero-order chi connectivity index (χ0) is 19.8. The maximum Gasteiger partial charge on any atom is 0.416 e. The Balaban J connectivity index is 1.35. The second kappa shape index (κ2) is 9.80. The summed E-state index contributed by atoms with van der Waals surface area (Å²) in [4.78, 5) is 38.0. The van der Waals surface area contributed by atoms with Crippen LogP contribution in [0.25, 0.3) is 0 Å². The number of nitrogens with zero attached hydrogens (tertiary/aromatic N) is 5. The van der Waals surface area contributed by atoms with E-state index in [1.807, 2.05) is 35.2 Å². The van der Waals surface area contributed by atoms with Crippen molar-refractivity contribution in [2.24, 2.45) is 0 Å². The highest BCUT2D eigenvalue weighted by Gasteiger charge is 2.22. The van der Waals surface area contributed by atoms with Crippen LogP contribution in [0.5, 0.6) is 5.88 Å². The standard InChI is InChI=1S/C20H25N5O3/c1-23(20(27)28-18-16-21-8-9-22-18)10-5-11-24-12-14-25(15-13-24)19(26)17-6-3-2-4-7-17/h2-4,6-9,16H,5,10-15H2,1H3. The topological polar surface area (TPSA) is 78.9 Å². The van der Waals surface area contributed by atoms with E-state index in [1.54, 1.807) is 7.05 Å². The Kier molecular flexibility index (Phi) is 6.91. The van der Waals surface area contributed by atoms with Gasteiger partial charge in [-0.05, 0) is 25.1 Å². The van der Waals surface area contributed by atoms with Gasteiger partial charge in [0.25, 0.3) is 5.91 Å². The van der Waals surface area contributed by atoms with Crippen LogP contribution in [0.15, 0.2) is 48.9 Å². The molecule has 1 aliphatic rings. The summed E-state index contributed by atoms with van der Waals surface area (Å²) in [5, 5.41) is 0. The van der Waals surface area contributed by atoms with Crippen molar-refractivity contribution in [1.29, 1.82) is 0 Å². The molecule has 8 nitrogen and oxygen atoms in total. The summed E-state index contributed by atoms with van der Waals surface area (Å²) >= 11 is 0. The summed E-state index contributed by atoms with van der Waals surface area (Å²) in [5.41, 5.74) is 0.735. The molecule has 0 N–H and O–H groups in total. The van der Waals surface area contributed by atoms with Crippen molar-refractivity contribution in [3.8, 4) is 5.88 Å². The van der Waals surface area contributed by atoms with E-state index in [1.165, 1.54) is 23.5 Å². The van der Waals surface area contributed by atoms with Crippen LogP contribution in [0.1, 0.15) is 16.8 Å². The Morgan fingerprint density at radius 2 is 1.86 bits per heavy atom. The molecule has 1 fully saturated rings. The number of carbonyl (C=O) groups is 2. The van der Waals surface area contributed by atoms with Crippen LogP contribution in [0.4, 0.5) is 4.79 Å². The van der Waals surface area contributed by atoms with Crippen LogP contribution in [-0.4, -0.2) is 83.0 Å². The number of benzene rings is 1. The van der Waals surface area contributed by atoms with Gasteiger partial charge in [-0.25, -0.2) is 9.78 Å². The highest BCUT2D eigenvalue weighted by atomic mass is 16.6. The third-order valence-electron chi connectivity index (χ3n) is 4.69. The van der Waals surface area contributed by atoms with Gasteiger partial charge < -0.3 is 14.5 Å². The van der Waals surface area contributed by atoms with Crippen LogP contribution in [0.3, 0.4) is 0 Å². The molecule has 3 rings (SSSR count). The van der Waals surface area contributed by atoms with E-state index in [2.05, 4.69) is 14.9 Å². The third kappa shape index (κ3) is 5.50. The molecule has 1 aliphatic heterocycles. The lowest BCUT2D eigenvalue weighted by molar-refractivity contribution is 0.0632. The van der Waals surface area contributed by atoms with Gasteiger partial charge in [-0.15, -0.1) is 0 Å². The first-order chi connectivity index (χ1) is 13.6. The van der Waals surface area contributed by atoms with Crippen molar-refractivity contribution in [3.63, 3.8) is 0 Å². The molecular formula is C20H25N5O3. The van der Waals surface area contributed by atoms with Gasteiger partial charge in [0.05, 0.1) is 6.20 Å². The van der Waals surface area contributed by atoms with Crippen LogP contribution >= 0.6 is 0 Å². The lowest BCUT2D eigenvalue weighted by Crippen LogP contribution is -2.49. The molecule has 2 heterocycles. The predicted octanol–water partition coefficient (Wildman–Crippen LogP) is 1.76. The largest absolute Gasteiger partial charge is 0.416 e. The average molecular weight is 383 g/mol. The monoisotopic (exact) mass is 383 g/mol. The minimum absolute atomic E-state index is 0.0896. The van der Waals surface area contributed by atoms with Gasteiger partial charge in [0.15, 0.2) is 0 Å². The van der Waals surface area contributed by atoms with E-state index in [-0.39, 0.29) is 11.8 Å². The quantitative estimate of drug-likeness (QED) is 0.756. The third-order valence-corrected chi connectivity index (χ3v) is 4.69. The summed E-state index contributed by atoms with van der Waals surface area (Å²) in [6.45, 7) is 4.58. The van der Waals surface area contributed by atoms with E-state index >= 15 is 0 Å². The Morgan fingerprint density at radius 3 is 2.54 bits per heavy atom. The van der Waals surface area contributed by atoms with Crippen molar-refractivity contribution < 1.29 is 14.3 Å². The van der Waals surface area contributed by atoms with E-state index in [9.17, 15) is 9.59 Å². The smallest absolute Gasteiger partial charge is 0.389 e. The molecule has 0 radical (unpaired) electrons. The first-order valence-electron chi connectivity index (χ1n) is 9.39. The van der Waals surface area contributed by atoms with Crippen molar-refractivity contribution >= 4 is 12.0 Å². The first kappa shape index (κ1) is 19.8. The summed E-state index contributed by atoms with van der Waals surface area (Å²) in [6.07, 6.45) is 4.79. The van der Waals surface area contributed by atoms with Crippen molar-refractivity contribution in [2.45, 2.75) is 6.42 Å². The molecule has 1 aromatic heterocycles. The van der Waals surface area contributed by atoms with Gasteiger partial charge in [-0.3, -0.25) is 14.7 Å². The minimum atomic E-state index is -0.446. The number of piperazine rings is 1. The lowest BCUT2D eigenvalue weighted by atomic mass is 10.2. The second-order valence-corrected chi connectivity index (χ2v) is 6.69. The second-order valence-electron chi connectivity index (χ2n) is 6.69. The van der Waals surface area contributed by atoms with Gasteiger partial charge in [0, 0.05) is 57.7 Å². The number of aromatic nitrogens is 2. The van der Waals surface area contributed by atoms with Crippen LogP contribution in [0, 0.1) is 0 Å². The Hall–Kier alpha value is -3.00. The van der Waals surface area contributed by atoms with Gasteiger partial charge >= 0.3 is 6.09 Å². The summed E-state index contributed by atoms with van der Waals surface area (Å²) < 4.78 is 5.16. The zero-order valence-corrected chi connectivity index (χ0v) is 16.0. The maximum absolute atomic E-state index is 12.5.